The van der Waals surface area contributed by atoms with Crippen molar-refractivity contribution >= 4 is 0 Å². The van der Waals surface area contributed by atoms with Gasteiger partial charge in [0.1, 0.15) is 0 Å². The molecule has 3 N–H and O–H groups in total. The summed E-state index contributed by atoms with van der Waals surface area (Å²) in [6.45, 7) is 11.0. The van der Waals surface area contributed by atoms with E-state index in [4.69, 9.17) is 5.73 Å². The third-order valence-corrected chi connectivity index (χ3v) is 3.52. The number of hydrogen-bond donors (Lipinski definition) is 2. The van der Waals surface area contributed by atoms with Gasteiger partial charge < -0.3 is 11.1 Å². The molecule has 0 amide bonds. The van der Waals surface area contributed by atoms with Gasteiger partial charge in [-0.1, -0.05) is 58.0 Å². The summed E-state index contributed by atoms with van der Waals surface area (Å²) in [5.41, 5.74) is 7.68. The molecule has 2 atom stereocenters. The van der Waals surface area contributed by atoms with Crippen LogP contribution in [0.3, 0.4) is 0 Å². The van der Waals surface area contributed by atoms with Crippen molar-refractivity contribution in [2.24, 2.45) is 17.1 Å². The highest BCUT2D eigenvalue weighted by atomic mass is 14.9. The van der Waals surface area contributed by atoms with E-state index in [1.165, 1.54) is 5.56 Å². The lowest BCUT2D eigenvalue weighted by molar-refractivity contribution is 0.252. The Kier molecular flexibility index (Phi) is 5.16. The van der Waals surface area contributed by atoms with E-state index in [9.17, 15) is 0 Å². The molecule has 0 aliphatic carbocycles. The highest BCUT2D eigenvalue weighted by Gasteiger charge is 2.19. The topological polar surface area (TPSA) is 38.0 Å². The molecule has 0 saturated heterocycles. The summed E-state index contributed by atoms with van der Waals surface area (Å²) < 4.78 is 0. The fourth-order valence-corrected chi connectivity index (χ4v) is 1.58. The lowest BCUT2D eigenvalue weighted by Gasteiger charge is -2.28. The summed E-state index contributed by atoms with van der Waals surface area (Å²) in [5.74, 6) is 0.644. The maximum absolute atomic E-state index is 6.13. The van der Waals surface area contributed by atoms with Crippen molar-refractivity contribution in [2.45, 2.75) is 33.7 Å². The van der Waals surface area contributed by atoms with Crippen LogP contribution in [0.25, 0.3) is 0 Å². The predicted molar refractivity (Wildman–Crippen MR) is 74.9 cm³/mol. The van der Waals surface area contributed by atoms with Crippen LogP contribution in [0, 0.1) is 11.3 Å². The van der Waals surface area contributed by atoms with Gasteiger partial charge in [-0.25, -0.2) is 0 Å². The van der Waals surface area contributed by atoms with E-state index in [0.29, 0.717) is 11.3 Å². The second kappa shape index (κ2) is 6.18. The largest absolute Gasteiger partial charge is 0.323 e. The Morgan fingerprint density at radius 3 is 2.24 bits per heavy atom. The van der Waals surface area contributed by atoms with Crippen molar-refractivity contribution in [3.8, 4) is 0 Å². The molecule has 2 nitrogen and oxygen atoms in total. The van der Waals surface area contributed by atoms with Crippen LogP contribution in [0.2, 0.25) is 0 Å². The maximum Gasteiger partial charge on any atom is 0.0421 e. The first kappa shape index (κ1) is 14.2. The predicted octanol–water partition coefficient (Wildman–Crippen LogP) is 2.96. The lowest BCUT2D eigenvalue weighted by atomic mass is 9.82. The third-order valence-electron chi connectivity index (χ3n) is 3.52. The Labute approximate surface area is 106 Å². The number of hydrogen-bond acceptors (Lipinski definition) is 2. The Morgan fingerprint density at radius 1 is 1.12 bits per heavy atom. The van der Waals surface area contributed by atoms with Gasteiger partial charge >= 0.3 is 0 Å². The molecule has 0 bridgehead atoms. The van der Waals surface area contributed by atoms with Crippen molar-refractivity contribution < 1.29 is 0 Å². The molecule has 1 aromatic carbocycles. The van der Waals surface area contributed by atoms with Crippen LogP contribution < -0.4 is 11.1 Å². The molecular formula is C15H26N2. The zero-order chi connectivity index (χ0) is 12.9. The molecule has 1 aromatic rings. The van der Waals surface area contributed by atoms with Crippen LogP contribution in [0.1, 0.15) is 39.3 Å². The molecule has 1 rings (SSSR count). The highest BCUT2D eigenvalue weighted by molar-refractivity contribution is 5.18. The number of rotatable bonds is 5. The minimum atomic E-state index is 0.0865. The summed E-state index contributed by atoms with van der Waals surface area (Å²) in [5, 5.41) is 3.46. The first-order chi connectivity index (χ1) is 7.91. The van der Waals surface area contributed by atoms with E-state index in [-0.39, 0.29) is 6.04 Å². The van der Waals surface area contributed by atoms with Gasteiger partial charge in [0.2, 0.25) is 0 Å². The van der Waals surface area contributed by atoms with Gasteiger partial charge in [0.25, 0.3) is 0 Å². The molecule has 17 heavy (non-hydrogen) atoms. The van der Waals surface area contributed by atoms with Gasteiger partial charge in [0, 0.05) is 12.6 Å². The Balaban J connectivity index is 2.33. The van der Waals surface area contributed by atoms with Gasteiger partial charge in [0.15, 0.2) is 0 Å². The zero-order valence-electron chi connectivity index (χ0n) is 11.5. The summed E-state index contributed by atoms with van der Waals surface area (Å²) >= 11 is 0. The summed E-state index contributed by atoms with van der Waals surface area (Å²) in [7, 11) is 0. The molecule has 96 valence electrons. The second-order valence-corrected chi connectivity index (χ2v) is 5.94. The zero-order valence-corrected chi connectivity index (χ0v) is 11.5. The quantitative estimate of drug-likeness (QED) is 0.822. The molecule has 0 aromatic heterocycles. The van der Waals surface area contributed by atoms with Crippen molar-refractivity contribution in [3.63, 3.8) is 0 Å². The van der Waals surface area contributed by atoms with Gasteiger partial charge in [-0.2, -0.15) is 0 Å². The Bertz CT molecular complexity index is 313. The summed E-state index contributed by atoms with van der Waals surface area (Å²) in [4.78, 5) is 0. The molecule has 2 heteroatoms. The molecule has 0 aliphatic heterocycles. The molecule has 0 spiro atoms. The second-order valence-electron chi connectivity index (χ2n) is 5.94. The minimum Gasteiger partial charge on any atom is -0.323 e. The average molecular weight is 234 g/mol. The maximum atomic E-state index is 6.13. The standard InChI is InChI=1S/C15H26N2/c1-12(15(2,3)4)10-17-11-14(16)13-8-6-5-7-9-13/h5-9,12,14,17H,10-11,16H2,1-4H3. The average Bonchev–Trinajstić information content (AvgIpc) is 2.28. The van der Waals surface area contributed by atoms with Crippen molar-refractivity contribution in [1.82, 2.24) is 5.32 Å². The van der Waals surface area contributed by atoms with Gasteiger partial charge in [0.05, 0.1) is 0 Å². The molecule has 0 aliphatic rings. The van der Waals surface area contributed by atoms with E-state index in [1.807, 2.05) is 18.2 Å². The van der Waals surface area contributed by atoms with E-state index in [0.717, 1.165) is 13.1 Å². The Hall–Kier alpha value is -0.860. The molecule has 2 unspecified atom stereocenters. The molecular weight excluding hydrogens is 208 g/mol. The molecule has 0 fully saturated rings. The highest BCUT2D eigenvalue weighted by Crippen LogP contribution is 2.24. The first-order valence-corrected chi connectivity index (χ1v) is 6.42. The van der Waals surface area contributed by atoms with Gasteiger partial charge in [-0.3, -0.25) is 0 Å². The monoisotopic (exact) mass is 234 g/mol. The van der Waals surface area contributed by atoms with Crippen LogP contribution in [0.15, 0.2) is 30.3 Å². The smallest absolute Gasteiger partial charge is 0.0421 e. The van der Waals surface area contributed by atoms with Crippen LogP contribution in [0.5, 0.6) is 0 Å². The first-order valence-electron chi connectivity index (χ1n) is 6.42. The van der Waals surface area contributed by atoms with E-state index in [1.54, 1.807) is 0 Å². The summed E-state index contributed by atoms with van der Waals surface area (Å²) in [6, 6.07) is 10.3. The normalized spacial score (nSPS) is 15.6. The van der Waals surface area contributed by atoms with Crippen LogP contribution in [-0.2, 0) is 0 Å². The molecule has 0 saturated carbocycles. The van der Waals surface area contributed by atoms with Gasteiger partial charge in [-0.05, 0) is 23.4 Å². The Morgan fingerprint density at radius 2 is 1.71 bits per heavy atom. The van der Waals surface area contributed by atoms with Gasteiger partial charge in [-0.15, -0.1) is 0 Å². The van der Waals surface area contributed by atoms with E-state index in [2.05, 4.69) is 45.1 Å². The number of benzene rings is 1. The fraction of sp³-hybridized carbons (Fsp3) is 0.600. The van der Waals surface area contributed by atoms with Crippen molar-refractivity contribution in [2.75, 3.05) is 13.1 Å². The van der Waals surface area contributed by atoms with Crippen LogP contribution in [-0.4, -0.2) is 13.1 Å². The van der Waals surface area contributed by atoms with Crippen LogP contribution in [0.4, 0.5) is 0 Å². The summed E-state index contributed by atoms with van der Waals surface area (Å²) in [6.07, 6.45) is 0. The third kappa shape index (κ3) is 4.88. The fourth-order valence-electron chi connectivity index (χ4n) is 1.58. The van der Waals surface area contributed by atoms with E-state index >= 15 is 0 Å². The lowest BCUT2D eigenvalue weighted by Crippen LogP contribution is -2.34. The van der Waals surface area contributed by atoms with Crippen molar-refractivity contribution in [3.05, 3.63) is 35.9 Å². The molecule has 0 radical (unpaired) electrons. The minimum absolute atomic E-state index is 0.0865. The van der Waals surface area contributed by atoms with Crippen LogP contribution >= 0.6 is 0 Å². The molecule has 0 heterocycles. The number of nitrogens with one attached hydrogen (secondary N) is 1. The number of nitrogens with two attached hydrogens (primary N) is 1. The SMILES string of the molecule is CC(CNCC(N)c1ccccc1)C(C)(C)C. The van der Waals surface area contributed by atoms with E-state index < -0.39 is 0 Å². The van der Waals surface area contributed by atoms with Crippen molar-refractivity contribution in [1.29, 1.82) is 0 Å².